The Bertz CT molecular complexity index is 1750. The van der Waals surface area contributed by atoms with Crippen LogP contribution < -0.4 is 19.6 Å². The number of rotatable bonds is 10. The van der Waals surface area contributed by atoms with Crippen LogP contribution >= 0.6 is 23.1 Å². The number of piperazine rings is 2. The zero-order valence-electron chi connectivity index (χ0n) is 30.1. The molecule has 0 radical (unpaired) electrons. The third-order valence-corrected chi connectivity index (χ3v) is 12.1. The molecule has 10 nitrogen and oxygen atoms in total. The number of nitrogens with zero attached hydrogens (tertiary/aromatic N) is 10. The normalized spacial score (nSPS) is 18.8. The molecule has 4 fully saturated rings. The topological polar surface area (TPSA) is 71.0 Å². The Morgan fingerprint density at radius 3 is 1.25 bits per heavy atom. The average molecular weight is 773 g/mol. The predicted molar refractivity (Wildman–Crippen MR) is 205 cm³/mol. The first kappa shape index (κ1) is 37.7. The highest BCUT2D eigenvalue weighted by molar-refractivity contribution is 7.10. The number of anilines is 4. The van der Waals surface area contributed by atoms with Gasteiger partial charge in [-0.3, -0.25) is 9.80 Å². The minimum absolute atomic E-state index is 0.731. The number of hydrogen-bond acceptors (Lipinski definition) is 12. The average Bonchev–Trinajstić information content (AvgIpc) is 4.00. The van der Waals surface area contributed by atoms with Gasteiger partial charge < -0.3 is 19.6 Å². The van der Waals surface area contributed by atoms with E-state index in [4.69, 9.17) is 9.97 Å². The lowest BCUT2D eigenvalue weighted by molar-refractivity contribution is 0.261. The summed E-state index contributed by atoms with van der Waals surface area (Å²) in [5.74, 6) is -1.34. The zero-order chi connectivity index (χ0) is 36.6. The summed E-state index contributed by atoms with van der Waals surface area (Å²) in [6.45, 7) is 13.4. The van der Waals surface area contributed by atoms with Gasteiger partial charge in [-0.25, -0.2) is 17.6 Å². The number of aromatic nitrogens is 4. The monoisotopic (exact) mass is 772 g/mol. The first-order valence-corrected chi connectivity index (χ1v) is 20.4. The molecule has 53 heavy (non-hydrogen) atoms. The molecule has 4 aromatic rings. The molecule has 286 valence electrons. The van der Waals surface area contributed by atoms with Crippen molar-refractivity contribution in [1.82, 2.24) is 28.5 Å². The van der Waals surface area contributed by atoms with E-state index < -0.39 is 23.3 Å². The molecule has 0 saturated carbocycles. The Morgan fingerprint density at radius 2 is 0.849 bits per heavy atom. The standard InChI is InChI=1S/C19H25F2N5S.C18H23F2N5S/c20-16-5-4-15(14-17(16)21)6-9-24-10-12-26(13-11-24)19-22-18(23-27-19)25-7-2-1-3-8-25;19-15-4-3-14(13-16(15)20)5-8-23-9-11-25(12-10-23)18-21-17(22-26-18)24-6-1-2-7-24/h4-5,14H,1-3,6-13H2;3-4,13H,1-2,5-12H2. The van der Waals surface area contributed by atoms with Crippen LogP contribution in [0.25, 0.3) is 0 Å². The van der Waals surface area contributed by atoms with Crippen LogP contribution in [0.2, 0.25) is 0 Å². The van der Waals surface area contributed by atoms with Crippen LogP contribution in [-0.2, 0) is 12.8 Å². The molecule has 16 heteroatoms. The van der Waals surface area contributed by atoms with Crippen molar-refractivity contribution in [3.63, 3.8) is 0 Å². The van der Waals surface area contributed by atoms with E-state index in [2.05, 4.69) is 38.1 Å². The molecule has 8 rings (SSSR count). The van der Waals surface area contributed by atoms with Gasteiger partial charge in [-0.15, -0.1) is 0 Å². The fourth-order valence-corrected chi connectivity index (χ4v) is 8.71. The van der Waals surface area contributed by atoms with Gasteiger partial charge in [0.15, 0.2) is 23.3 Å². The molecule has 0 atom stereocenters. The van der Waals surface area contributed by atoms with E-state index in [9.17, 15) is 17.6 Å². The van der Waals surface area contributed by atoms with E-state index in [0.717, 1.165) is 138 Å². The lowest BCUT2D eigenvalue weighted by atomic mass is 10.1. The van der Waals surface area contributed by atoms with Crippen molar-refractivity contribution in [2.24, 2.45) is 0 Å². The highest BCUT2D eigenvalue weighted by Gasteiger charge is 2.24. The molecule has 2 aromatic heterocycles. The summed E-state index contributed by atoms with van der Waals surface area (Å²) < 4.78 is 61.7. The highest BCUT2D eigenvalue weighted by atomic mass is 32.1. The second-order valence-electron chi connectivity index (χ2n) is 14.2. The molecule has 0 unspecified atom stereocenters. The predicted octanol–water partition coefficient (Wildman–Crippen LogP) is 5.95. The summed E-state index contributed by atoms with van der Waals surface area (Å²) in [5.41, 5.74) is 1.68. The molecule has 0 bridgehead atoms. The first-order valence-electron chi connectivity index (χ1n) is 18.9. The van der Waals surface area contributed by atoms with E-state index in [1.807, 2.05) is 0 Å². The van der Waals surface area contributed by atoms with Crippen LogP contribution in [0.15, 0.2) is 36.4 Å². The number of benzene rings is 2. The van der Waals surface area contributed by atoms with Crippen LogP contribution in [0.5, 0.6) is 0 Å². The summed E-state index contributed by atoms with van der Waals surface area (Å²) in [6, 6.07) is 8.34. The van der Waals surface area contributed by atoms with Crippen LogP contribution in [0.3, 0.4) is 0 Å². The second-order valence-corrected chi connectivity index (χ2v) is 15.6. The van der Waals surface area contributed by atoms with Gasteiger partial charge in [0.1, 0.15) is 0 Å². The van der Waals surface area contributed by atoms with Crippen molar-refractivity contribution >= 4 is 45.2 Å². The van der Waals surface area contributed by atoms with Gasteiger partial charge in [-0.2, -0.15) is 18.7 Å². The molecule has 6 heterocycles. The maximum Gasteiger partial charge on any atom is 0.239 e. The summed E-state index contributed by atoms with van der Waals surface area (Å²) in [7, 11) is 0. The first-order chi connectivity index (χ1) is 25.9. The van der Waals surface area contributed by atoms with E-state index >= 15 is 0 Å². The number of hydrogen-bond donors (Lipinski definition) is 0. The van der Waals surface area contributed by atoms with Crippen molar-refractivity contribution < 1.29 is 17.6 Å². The molecule has 0 N–H and O–H groups in total. The van der Waals surface area contributed by atoms with Crippen LogP contribution in [0, 0.1) is 23.3 Å². The van der Waals surface area contributed by atoms with Gasteiger partial charge in [0, 0.05) is 115 Å². The molecular formula is C37H48F4N10S2. The van der Waals surface area contributed by atoms with Crippen LogP contribution in [0.1, 0.15) is 43.2 Å². The SMILES string of the molecule is Fc1ccc(CCN2CCN(c3nc(N4CCCC4)ns3)CC2)cc1F.Fc1ccc(CCN2CCN(c3nc(N4CCCCC4)ns3)CC2)cc1F. The van der Waals surface area contributed by atoms with Gasteiger partial charge >= 0.3 is 0 Å². The molecule has 0 spiro atoms. The van der Waals surface area contributed by atoms with Gasteiger partial charge in [0.05, 0.1) is 0 Å². The maximum absolute atomic E-state index is 13.3. The molecule has 2 aromatic carbocycles. The maximum atomic E-state index is 13.3. The number of halogens is 4. The third kappa shape index (κ3) is 10.1. The van der Waals surface area contributed by atoms with Crippen LogP contribution in [-0.4, -0.2) is 120 Å². The Morgan fingerprint density at radius 1 is 0.453 bits per heavy atom. The van der Waals surface area contributed by atoms with Gasteiger partial charge in [-0.1, -0.05) is 12.1 Å². The smallest absolute Gasteiger partial charge is 0.239 e. The largest absolute Gasteiger partial charge is 0.344 e. The molecule has 4 aliphatic heterocycles. The molecule has 4 aliphatic rings. The van der Waals surface area contributed by atoms with E-state index in [-0.39, 0.29) is 0 Å². The Balaban J connectivity index is 0.000000164. The highest BCUT2D eigenvalue weighted by Crippen LogP contribution is 2.27. The lowest BCUT2D eigenvalue weighted by Crippen LogP contribution is -2.47. The van der Waals surface area contributed by atoms with Crippen molar-refractivity contribution in [2.75, 3.05) is 111 Å². The number of piperidine rings is 1. The molecule has 0 amide bonds. The lowest BCUT2D eigenvalue weighted by Gasteiger charge is -2.34. The molecule has 4 saturated heterocycles. The Kier molecular flexibility index (Phi) is 12.9. The molecule has 0 aliphatic carbocycles. The quantitative estimate of drug-likeness (QED) is 0.181. The minimum atomic E-state index is -0.785. The van der Waals surface area contributed by atoms with Gasteiger partial charge in [0.25, 0.3) is 0 Å². The molecular weight excluding hydrogens is 725 g/mol. The summed E-state index contributed by atoms with van der Waals surface area (Å²) in [5, 5.41) is 2.02. The van der Waals surface area contributed by atoms with Crippen molar-refractivity contribution in [2.45, 2.75) is 44.9 Å². The van der Waals surface area contributed by atoms with E-state index in [0.29, 0.717) is 0 Å². The van der Waals surface area contributed by atoms with E-state index in [1.165, 1.54) is 79.4 Å². The summed E-state index contributed by atoms with van der Waals surface area (Å²) >= 11 is 2.98. The van der Waals surface area contributed by atoms with Gasteiger partial charge in [-0.05, 0) is 80.3 Å². The van der Waals surface area contributed by atoms with Crippen molar-refractivity contribution in [1.29, 1.82) is 0 Å². The second kappa shape index (κ2) is 18.2. The Labute approximate surface area is 317 Å². The summed E-state index contributed by atoms with van der Waals surface area (Å²) in [4.78, 5) is 23.4. The van der Waals surface area contributed by atoms with Crippen molar-refractivity contribution in [3.8, 4) is 0 Å². The zero-order valence-corrected chi connectivity index (χ0v) is 31.7. The third-order valence-electron chi connectivity index (χ3n) is 10.5. The Hall–Kier alpha value is -3.60. The van der Waals surface area contributed by atoms with Crippen molar-refractivity contribution in [3.05, 3.63) is 70.8 Å². The fraction of sp³-hybridized carbons (Fsp3) is 0.568. The fourth-order valence-electron chi connectivity index (χ4n) is 7.23. The van der Waals surface area contributed by atoms with E-state index in [1.54, 1.807) is 12.1 Å². The summed E-state index contributed by atoms with van der Waals surface area (Å²) in [6.07, 6.45) is 7.68. The minimum Gasteiger partial charge on any atom is -0.344 e. The van der Waals surface area contributed by atoms with Crippen LogP contribution in [0.4, 0.5) is 39.7 Å². The van der Waals surface area contributed by atoms with Gasteiger partial charge in [0.2, 0.25) is 22.2 Å².